The Bertz CT molecular complexity index is 1410. The quantitative estimate of drug-likeness (QED) is 0.453. The summed E-state index contributed by atoms with van der Waals surface area (Å²) in [6.45, 7) is 14.4. The minimum absolute atomic E-state index is 0. The van der Waals surface area contributed by atoms with E-state index in [-0.39, 0.29) is 7.33 Å². The highest BCUT2D eigenvalue weighted by Gasteiger charge is 2.26. The summed E-state index contributed by atoms with van der Waals surface area (Å²) in [5, 5.41) is 11.3. The van der Waals surface area contributed by atoms with Crippen molar-refractivity contribution in [3.8, 4) is 0 Å². The maximum absolute atomic E-state index is 12.0. The SMILES string of the molecule is C=CC(=O)N1CCCN(c2nc(C)nc3c2CCN(c2cc(C)cc4ccccc24)C3)CCC1.CN1CCC[C@H]1CO.[HH]. The highest BCUT2D eigenvalue weighted by Crippen LogP contribution is 2.34. The van der Waals surface area contributed by atoms with Gasteiger partial charge in [-0.3, -0.25) is 4.79 Å². The van der Waals surface area contributed by atoms with Gasteiger partial charge in [0.05, 0.1) is 18.8 Å². The molecule has 0 spiro atoms. The zero-order valence-electron chi connectivity index (χ0n) is 25.6. The summed E-state index contributed by atoms with van der Waals surface area (Å²) in [5.74, 6) is 1.96. The number of carbonyl (C=O) groups excluding carboxylic acids is 1. The van der Waals surface area contributed by atoms with Crippen molar-refractivity contribution in [1.82, 2.24) is 19.8 Å². The number of aryl methyl sites for hydroxylation is 2. The van der Waals surface area contributed by atoms with Gasteiger partial charge >= 0.3 is 0 Å². The fraction of sp³-hybridized carbons (Fsp3) is 0.500. The Hall–Kier alpha value is -3.49. The molecule has 0 saturated carbocycles. The molecule has 0 radical (unpaired) electrons. The van der Waals surface area contributed by atoms with Crippen LogP contribution in [0.25, 0.3) is 10.8 Å². The standard InChI is InChI=1S/C28H33N5O.C6H13NO.H2/c1-4-27(34)31-12-7-14-32(15-8-13-31)28-24-11-16-33(19-25(24)29-21(3)30-28)26-18-20(2)17-22-9-5-6-10-23(22)26;1-7-4-2-3-6(7)5-8;/h4-6,9-10,17-18H,1,7-8,11-16,19H2,2-3H3;6,8H,2-5H2,1H3;1H/t;6-;/m.0./s1. The summed E-state index contributed by atoms with van der Waals surface area (Å²) in [7, 11) is 2.06. The third kappa shape index (κ3) is 6.76. The lowest BCUT2D eigenvalue weighted by molar-refractivity contribution is -0.126. The van der Waals surface area contributed by atoms with Crippen molar-refractivity contribution in [3.05, 3.63) is 71.7 Å². The van der Waals surface area contributed by atoms with Crippen molar-refractivity contribution >= 4 is 28.2 Å². The van der Waals surface area contributed by atoms with Crippen LogP contribution in [-0.4, -0.2) is 89.7 Å². The lowest BCUT2D eigenvalue weighted by atomic mass is 10.0. The summed E-state index contributed by atoms with van der Waals surface area (Å²) in [6.07, 6.45) is 6.64. The molecule has 2 aromatic carbocycles. The van der Waals surface area contributed by atoms with Gasteiger partial charge in [-0.15, -0.1) is 0 Å². The Labute approximate surface area is 252 Å². The van der Waals surface area contributed by atoms with E-state index >= 15 is 0 Å². The van der Waals surface area contributed by atoms with Gasteiger partial charge < -0.3 is 24.7 Å². The predicted molar refractivity (Wildman–Crippen MR) is 173 cm³/mol. The number of carbonyl (C=O) groups is 1. The fourth-order valence-electron chi connectivity index (χ4n) is 6.60. The molecule has 8 nitrogen and oxygen atoms in total. The minimum atomic E-state index is 0. The summed E-state index contributed by atoms with van der Waals surface area (Å²) >= 11 is 0. The Balaban J connectivity index is 0.000000409. The number of likely N-dealkylation sites (N-methyl/N-ethyl adjacent to an activating group) is 1. The molecule has 3 aromatic rings. The van der Waals surface area contributed by atoms with Crippen molar-refractivity contribution < 1.29 is 11.3 Å². The van der Waals surface area contributed by atoms with Crippen LogP contribution in [0.3, 0.4) is 0 Å². The largest absolute Gasteiger partial charge is 0.395 e. The smallest absolute Gasteiger partial charge is 0.245 e. The Morgan fingerprint density at radius 3 is 2.45 bits per heavy atom. The van der Waals surface area contributed by atoms with Crippen LogP contribution in [0.1, 0.15) is 49.8 Å². The van der Waals surface area contributed by atoms with Gasteiger partial charge in [0.1, 0.15) is 11.6 Å². The maximum atomic E-state index is 12.0. The van der Waals surface area contributed by atoms with Gasteiger partial charge in [-0.2, -0.15) is 0 Å². The van der Waals surface area contributed by atoms with E-state index in [0.29, 0.717) is 12.6 Å². The van der Waals surface area contributed by atoms with E-state index in [1.54, 1.807) is 0 Å². The van der Waals surface area contributed by atoms with Gasteiger partial charge in [0, 0.05) is 56.8 Å². The molecule has 42 heavy (non-hydrogen) atoms. The number of fused-ring (bicyclic) bond motifs is 2. The molecule has 1 amide bonds. The zero-order valence-corrected chi connectivity index (χ0v) is 25.6. The molecule has 8 heteroatoms. The second kappa shape index (κ2) is 13.7. The van der Waals surface area contributed by atoms with Crippen molar-refractivity contribution in [3.63, 3.8) is 0 Å². The summed E-state index contributed by atoms with van der Waals surface area (Å²) in [5.41, 5.74) is 5.00. The molecule has 0 bridgehead atoms. The van der Waals surface area contributed by atoms with Crippen LogP contribution in [0.2, 0.25) is 0 Å². The zero-order chi connectivity index (χ0) is 29.6. The highest BCUT2D eigenvalue weighted by molar-refractivity contribution is 5.95. The molecule has 1 N–H and O–H groups in total. The number of benzene rings is 2. The van der Waals surface area contributed by atoms with E-state index in [2.05, 4.69) is 71.6 Å². The third-order valence-corrected chi connectivity index (χ3v) is 8.86. The Kier molecular flexibility index (Phi) is 9.75. The first kappa shape index (κ1) is 30.0. The Morgan fingerprint density at radius 2 is 1.79 bits per heavy atom. The van der Waals surface area contributed by atoms with Crippen LogP contribution in [0.4, 0.5) is 11.5 Å². The van der Waals surface area contributed by atoms with Crippen LogP contribution in [-0.2, 0) is 17.8 Å². The molecule has 2 fully saturated rings. The van der Waals surface area contributed by atoms with Crippen LogP contribution in [0, 0.1) is 13.8 Å². The van der Waals surface area contributed by atoms with Crippen LogP contribution < -0.4 is 9.80 Å². The number of aliphatic hydroxyl groups excluding tert-OH is 1. The number of hydrogen-bond donors (Lipinski definition) is 1. The molecule has 3 aliphatic rings. The first-order valence-corrected chi connectivity index (χ1v) is 15.5. The monoisotopic (exact) mass is 572 g/mol. The van der Waals surface area contributed by atoms with Crippen molar-refractivity contribution in [1.29, 1.82) is 0 Å². The molecular weight excluding hydrogens is 524 g/mol. The number of likely N-dealkylation sites (tertiary alicyclic amines) is 1. The van der Waals surface area contributed by atoms with Gasteiger partial charge in [0.15, 0.2) is 0 Å². The second-order valence-corrected chi connectivity index (χ2v) is 11.9. The van der Waals surface area contributed by atoms with E-state index < -0.39 is 0 Å². The second-order valence-electron chi connectivity index (χ2n) is 11.9. The van der Waals surface area contributed by atoms with E-state index in [1.807, 2.05) is 11.8 Å². The van der Waals surface area contributed by atoms with E-state index in [4.69, 9.17) is 15.1 Å². The molecule has 1 atom stereocenters. The molecule has 0 unspecified atom stereocenters. The number of aliphatic hydroxyl groups is 1. The first-order valence-electron chi connectivity index (χ1n) is 15.5. The van der Waals surface area contributed by atoms with E-state index in [0.717, 1.165) is 82.4 Å². The fourth-order valence-corrected chi connectivity index (χ4v) is 6.60. The molecule has 6 rings (SSSR count). The van der Waals surface area contributed by atoms with E-state index in [9.17, 15) is 4.79 Å². The number of anilines is 2. The van der Waals surface area contributed by atoms with Gasteiger partial charge in [-0.1, -0.05) is 36.9 Å². The molecule has 3 aliphatic heterocycles. The molecule has 2 saturated heterocycles. The molecule has 226 valence electrons. The van der Waals surface area contributed by atoms with Crippen LogP contribution in [0.5, 0.6) is 0 Å². The van der Waals surface area contributed by atoms with E-state index in [1.165, 1.54) is 46.5 Å². The number of amides is 1. The Morgan fingerprint density at radius 1 is 1.02 bits per heavy atom. The topological polar surface area (TPSA) is 76.0 Å². The van der Waals surface area contributed by atoms with Crippen molar-refractivity contribution in [2.75, 3.05) is 62.7 Å². The highest BCUT2D eigenvalue weighted by atomic mass is 16.3. The average molecular weight is 573 g/mol. The van der Waals surface area contributed by atoms with Gasteiger partial charge in [-0.25, -0.2) is 9.97 Å². The van der Waals surface area contributed by atoms with Crippen LogP contribution >= 0.6 is 0 Å². The lowest BCUT2D eigenvalue weighted by Gasteiger charge is -2.35. The van der Waals surface area contributed by atoms with Crippen molar-refractivity contribution in [2.24, 2.45) is 0 Å². The predicted octanol–water partition coefficient (Wildman–Crippen LogP) is 4.74. The lowest BCUT2D eigenvalue weighted by Crippen LogP contribution is -2.40. The van der Waals surface area contributed by atoms with Crippen LogP contribution in [0.15, 0.2) is 49.1 Å². The number of rotatable bonds is 4. The molecule has 4 heterocycles. The van der Waals surface area contributed by atoms with Gasteiger partial charge in [-0.05, 0) is 82.6 Å². The first-order chi connectivity index (χ1) is 20.4. The molecular formula is C34H48N6O2. The third-order valence-electron chi connectivity index (χ3n) is 8.86. The summed E-state index contributed by atoms with van der Waals surface area (Å²) in [6, 6.07) is 13.7. The molecule has 1 aromatic heterocycles. The number of hydrogen-bond acceptors (Lipinski definition) is 7. The number of aromatic nitrogens is 2. The van der Waals surface area contributed by atoms with Gasteiger partial charge in [0.2, 0.25) is 5.91 Å². The summed E-state index contributed by atoms with van der Waals surface area (Å²) in [4.78, 5) is 30.9. The normalized spacial score (nSPS) is 19.5. The molecule has 0 aliphatic carbocycles. The maximum Gasteiger partial charge on any atom is 0.245 e. The van der Waals surface area contributed by atoms with Gasteiger partial charge in [0.25, 0.3) is 0 Å². The summed E-state index contributed by atoms with van der Waals surface area (Å²) < 4.78 is 0. The van der Waals surface area contributed by atoms with Crippen molar-refractivity contribution in [2.45, 2.75) is 58.5 Å². The number of nitrogens with zero attached hydrogens (tertiary/aromatic N) is 6. The minimum Gasteiger partial charge on any atom is -0.395 e. The average Bonchev–Trinajstić information content (AvgIpc) is 3.40.